The number of aryl methyl sites for hydroxylation is 2. The molecule has 1 nitrogen and oxygen atoms in total. The van der Waals surface area contributed by atoms with Crippen LogP contribution in [-0.2, 0) is 25.9 Å². The Morgan fingerprint density at radius 2 is 2.16 bits per heavy atom. The van der Waals surface area contributed by atoms with Crippen LogP contribution in [-0.4, -0.2) is 0 Å². The summed E-state index contributed by atoms with van der Waals surface area (Å²) in [5.74, 6) is -0.351. The first-order valence-electron chi connectivity index (χ1n) is 6.48. The summed E-state index contributed by atoms with van der Waals surface area (Å²) >= 11 is 7.82. The Hall–Kier alpha value is -0.900. The molecule has 0 saturated heterocycles. The zero-order valence-electron chi connectivity index (χ0n) is 10.5. The van der Waals surface area contributed by atoms with Gasteiger partial charge in [-0.05, 0) is 42.5 Å². The molecule has 0 spiro atoms. The second kappa shape index (κ2) is 5.61. The van der Waals surface area contributed by atoms with E-state index < -0.39 is 0 Å². The van der Waals surface area contributed by atoms with Crippen LogP contribution in [0.5, 0.6) is 0 Å². The molecule has 0 bridgehead atoms. The zero-order valence-corrected chi connectivity index (χ0v) is 12.1. The van der Waals surface area contributed by atoms with E-state index in [1.165, 1.54) is 35.8 Å². The summed E-state index contributed by atoms with van der Waals surface area (Å²) in [5.41, 5.74) is 2.33. The summed E-state index contributed by atoms with van der Waals surface area (Å²) in [6.45, 7) is 1.42. The molecule has 1 heterocycles. The number of hydrogen-bond acceptors (Lipinski definition) is 2. The first-order chi connectivity index (χ1) is 9.24. The van der Waals surface area contributed by atoms with E-state index in [0.29, 0.717) is 6.54 Å². The van der Waals surface area contributed by atoms with Gasteiger partial charge < -0.3 is 5.32 Å². The largest absolute Gasteiger partial charge is 0.308 e. The van der Waals surface area contributed by atoms with Crippen molar-refractivity contribution >= 4 is 22.9 Å². The van der Waals surface area contributed by atoms with Crippen molar-refractivity contribution < 1.29 is 4.39 Å². The third-order valence-corrected chi connectivity index (χ3v) is 5.10. The second-order valence-electron chi connectivity index (χ2n) is 4.83. The highest BCUT2D eigenvalue weighted by molar-refractivity contribution is 7.12. The molecule has 4 heteroatoms. The molecule has 1 aromatic carbocycles. The predicted molar refractivity (Wildman–Crippen MR) is 78.3 cm³/mol. The quantitative estimate of drug-likeness (QED) is 0.886. The summed E-state index contributed by atoms with van der Waals surface area (Å²) in [6, 6.07) is 7.23. The standard InChI is InChI=1S/C15H15ClFNS/c16-15-11(4-1-5-13(15)17)8-18-9-12-7-10-3-2-6-14(10)19-12/h1,4-5,7,18H,2-3,6,8-9H2. The van der Waals surface area contributed by atoms with Gasteiger partial charge in [0.25, 0.3) is 0 Å². The fraction of sp³-hybridized carbons (Fsp3) is 0.333. The maximum Gasteiger partial charge on any atom is 0.142 e. The van der Waals surface area contributed by atoms with Crippen LogP contribution in [0.1, 0.15) is 27.3 Å². The molecule has 0 radical (unpaired) electrons. The number of thiophene rings is 1. The van der Waals surface area contributed by atoms with Gasteiger partial charge in [-0.25, -0.2) is 4.39 Å². The Balaban J connectivity index is 1.59. The van der Waals surface area contributed by atoms with Crippen LogP contribution in [0.25, 0.3) is 0 Å². The van der Waals surface area contributed by atoms with Crippen LogP contribution in [0.3, 0.4) is 0 Å². The normalized spacial score (nSPS) is 13.8. The first-order valence-corrected chi connectivity index (χ1v) is 7.67. The Bertz CT molecular complexity index is 572. The maximum atomic E-state index is 13.3. The lowest BCUT2D eigenvalue weighted by Crippen LogP contribution is -2.12. The molecule has 0 unspecified atom stereocenters. The molecule has 19 heavy (non-hydrogen) atoms. The smallest absolute Gasteiger partial charge is 0.142 e. The molecule has 0 amide bonds. The van der Waals surface area contributed by atoms with Gasteiger partial charge >= 0.3 is 0 Å². The van der Waals surface area contributed by atoms with E-state index in [0.717, 1.165) is 12.1 Å². The van der Waals surface area contributed by atoms with Crippen molar-refractivity contribution in [2.24, 2.45) is 0 Å². The molecular weight excluding hydrogens is 281 g/mol. The molecule has 3 rings (SSSR count). The van der Waals surface area contributed by atoms with Crippen LogP contribution in [0.4, 0.5) is 4.39 Å². The van der Waals surface area contributed by atoms with Crippen molar-refractivity contribution in [1.82, 2.24) is 5.32 Å². The highest BCUT2D eigenvalue weighted by Crippen LogP contribution is 2.30. The number of benzene rings is 1. The highest BCUT2D eigenvalue weighted by Gasteiger charge is 2.14. The van der Waals surface area contributed by atoms with Gasteiger partial charge in [0, 0.05) is 22.8 Å². The minimum atomic E-state index is -0.351. The molecule has 1 aliphatic rings. The van der Waals surface area contributed by atoms with Crippen LogP contribution in [0, 0.1) is 5.82 Å². The molecule has 100 valence electrons. The predicted octanol–water partition coefficient (Wildman–Crippen LogP) is 4.32. The SMILES string of the molecule is Fc1cccc(CNCc2cc3c(s2)CCC3)c1Cl. The van der Waals surface area contributed by atoms with Crippen LogP contribution >= 0.6 is 22.9 Å². The molecule has 0 atom stereocenters. The summed E-state index contributed by atoms with van der Waals surface area (Å²) < 4.78 is 13.3. The Labute approximate surface area is 121 Å². The molecule has 0 fully saturated rings. The van der Waals surface area contributed by atoms with Gasteiger partial charge in [-0.15, -0.1) is 11.3 Å². The van der Waals surface area contributed by atoms with E-state index in [-0.39, 0.29) is 10.8 Å². The van der Waals surface area contributed by atoms with Crippen molar-refractivity contribution in [2.75, 3.05) is 0 Å². The minimum Gasteiger partial charge on any atom is -0.308 e. The average Bonchev–Trinajstić information content (AvgIpc) is 2.95. The van der Waals surface area contributed by atoms with Gasteiger partial charge in [-0.3, -0.25) is 0 Å². The van der Waals surface area contributed by atoms with Crippen molar-refractivity contribution in [1.29, 1.82) is 0 Å². The third-order valence-electron chi connectivity index (χ3n) is 3.44. The van der Waals surface area contributed by atoms with E-state index in [2.05, 4.69) is 11.4 Å². The van der Waals surface area contributed by atoms with Crippen molar-refractivity contribution in [3.63, 3.8) is 0 Å². The Morgan fingerprint density at radius 1 is 1.26 bits per heavy atom. The molecule has 0 saturated carbocycles. The number of halogens is 2. The van der Waals surface area contributed by atoms with Gasteiger partial charge in [-0.1, -0.05) is 23.7 Å². The van der Waals surface area contributed by atoms with Gasteiger partial charge in [0.05, 0.1) is 5.02 Å². The zero-order chi connectivity index (χ0) is 13.2. The number of fused-ring (bicyclic) bond motifs is 1. The van der Waals surface area contributed by atoms with Gasteiger partial charge in [0.2, 0.25) is 0 Å². The van der Waals surface area contributed by atoms with Gasteiger partial charge in [0.1, 0.15) is 5.82 Å². The molecule has 1 aliphatic carbocycles. The number of nitrogens with one attached hydrogen (secondary N) is 1. The van der Waals surface area contributed by atoms with E-state index >= 15 is 0 Å². The van der Waals surface area contributed by atoms with Gasteiger partial charge in [-0.2, -0.15) is 0 Å². The first kappa shape index (κ1) is 13.1. The van der Waals surface area contributed by atoms with Crippen molar-refractivity contribution in [3.05, 3.63) is 56.0 Å². The van der Waals surface area contributed by atoms with Gasteiger partial charge in [0.15, 0.2) is 0 Å². The summed E-state index contributed by atoms with van der Waals surface area (Å²) in [7, 11) is 0. The van der Waals surface area contributed by atoms with Crippen LogP contribution in [0.2, 0.25) is 5.02 Å². The van der Waals surface area contributed by atoms with E-state index in [9.17, 15) is 4.39 Å². The maximum absolute atomic E-state index is 13.3. The van der Waals surface area contributed by atoms with Crippen molar-refractivity contribution in [3.8, 4) is 0 Å². The van der Waals surface area contributed by atoms with Crippen LogP contribution < -0.4 is 5.32 Å². The van der Waals surface area contributed by atoms with Crippen molar-refractivity contribution in [2.45, 2.75) is 32.4 Å². The molecule has 1 aromatic heterocycles. The Kier molecular flexibility index (Phi) is 3.87. The molecule has 1 N–H and O–H groups in total. The monoisotopic (exact) mass is 295 g/mol. The van der Waals surface area contributed by atoms with E-state index in [1.807, 2.05) is 17.4 Å². The second-order valence-corrected chi connectivity index (χ2v) is 6.43. The fourth-order valence-corrected chi connectivity index (χ4v) is 3.91. The minimum absolute atomic E-state index is 0.226. The highest BCUT2D eigenvalue weighted by atomic mass is 35.5. The average molecular weight is 296 g/mol. The number of hydrogen-bond donors (Lipinski definition) is 1. The summed E-state index contributed by atoms with van der Waals surface area (Å²) in [6.07, 6.45) is 3.76. The van der Waals surface area contributed by atoms with E-state index in [4.69, 9.17) is 11.6 Å². The molecular formula is C15H15ClFNS. The number of rotatable bonds is 4. The summed E-state index contributed by atoms with van der Waals surface area (Å²) in [5, 5.41) is 3.56. The Morgan fingerprint density at radius 3 is 3.00 bits per heavy atom. The topological polar surface area (TPSA) is 12.0 Å². The summed E-state index contributed by atoms with van der Waals surface area (Å²) in [4.78, 5) is 2.90. The van der Waals surface area contributed by atoms with E-state index in [1.54, 1.807) is 10.9 Å². The lowest BCUT2D eigenvalue weighted by Gasteiger charge is -2.06. The fourth-order valence-electron chi connectivity index (χ4n) is 2.48. The molecule has 2 aromatic rings. The third kappa shape index (κ3) is 2.83. The lowest BCUT2D eigenvalue weighted by atomic mass is 10.2. The molecule has 0 aliphatic heterocycles. The van der Waals surface area contributed by atoms with Crippen LogP contribution in [0.15, 0.2) is 24.3 Å². The lowest BCUT2D eigenvalue weighted by molar-refractivity contribution is 0.621.